The Hall–Kier alpha value is -2.57. The molecule has 1 aromatic carbocycles. The first kappa shape index (κ1) is 15.8. The minimum atomic E-state index is -0.923. The summed E-state index contributed by atoms with van der Waals surface area (Å²) in [7, 11) is 3.29. The van der Waals surface area contributed by atoms with Crippen molar-refractivity contribution in [2.45, 2.75) is 13.0 Å². The molecule has 0 bridgehead atoms. The van der Waals surface area contributed by atoms with Gasteiger partial charge in [0.05, 0.1) is 11.8 Å². The monoisotopic (exact) mass is 305 g/mol. The molecule has 1 aromatic rings. The van der Waals surface area contributed by atoms with E-state index in [0.29, 0.717) is 18.7 Å². The number of nitrogens with one attached hydrogen (secondary N) is 2. The van der Waals surface area contributed by atoms with E-state index in [-0.39, 0.29) is 11.9 Å². The van der Waals surface area contributed by atoms with Crippen molar-refractivity contribution in [2.24, 2.45) is 11.8 Å². The molecule has 2 rings (SSSR count). The molecule has 3 amide bonds. The Kier molecular flexibility index (Phi) is 4.65. The highest BCUT2D eigenvalue weighted by Crippen LogP contribution is 2.38. The van der Waals surface area contributed by atoms with Crippen LogP contribution in [0.5, 0.6) is 0 Å². The number of benzene rings is 1. The Morgan fingerprint density at radius 2 is 2.00 bits per heavy atom. The molecule has 0 heterocycles. The number of hydrogen-bond acceptors (Lipinski definition) is 3. The molecule has 0 aromatic heterocycles. The molecular weight excluding hydrogens is 286 g/mol. The molecule has 0 spiro atoms. The fraction of sp³-hybridized carbons (Fsp3) is 0.400. The summed E-state index contributed by atoms with van der Waals surface area (Å²) in [6.45, 7) is 0.299. The second kappa shape index (κ2) is 6.46. The van der Waals surface area contributed by atoms with E-state index in [1.165, 1.54) is 4.90 Å². The lowest BCUT2D eigenvalue weighted by molar-refractivity contribution is -0.140. The van der Waals surface area contributed by atoms with Gasteiger partial charge in [0.15, 0.2) is 0 Å². The maximum Gasteiger partial charge on any atom is 0.321 e. The first-order valence-electron chi connectivity index (χ1n) is 6.96. The summed E-state index contributed by atoms with van der Waals surface area (Å²) < 4.78 is 0. The van der Waals surface area contributed by atoms with E-state index in [2.05, 4.69) is 10.6 Å². The minimum absolute atomic E-state index is 0.233. The molecule has 2 atom stereocenters. The van der Waals surface area contributed by atoms with Gasteiger partial charge in [0, 0.05) is 26.3 Å². The van der Waals surface area contributed by atoms with Gasteiger partial charge in [-0.3, -0.25) is 9.59 Å². The maximum atomic E-state index is 11.8. The third kappa shape index (κ3) is 3.97. The van der Waals surface area contributed by atoms with E-state index in [0.717, 1.165) is 5.56 Å². The summed E-state index contributed by atoms with van der Waals surface area (Å²) in [4.78, 5) is 35.5. The smallest absolute Gasteiger partial charge is 0.321 e. The van der Waals surface area contributed by atoms with E-state index in [4.69, 9.17) is 5.11 Å². The highest BCUT2D eigenvalue weighted by Gasteiger charge is 2.48. The second-order valence-electron chi connectivity index (χ2n) is 5.53. The van der Waals surface area contributed by atoms with Gasteiger partial charge in [-0.25, -0.2) is 4.79 Å². The first-order valence-corrected chi connectivity index (χ1v) is 6.96. The molecule has 1 aliphatic rings. The van der Waals surface area contributed by atoms with Crippen LogP contribution >= 0.6 is 0 Å². The van der Waals surface area contributed by atoms with Gasteiger partial charge in [0.25, 0.3) is 0 Å². The molecule has 3 N–H and O–H groups in total. The van der Waals surface area contributed by atoms with Crippen molar-refractivity contribution in [1.29, 1.82) is 0 Å². The predicted molar refractivity (Wildman–Crippen MR) is 80.2 cm³/mol. The van der Waals surface area contributed by atoms with Crippen LogP contribution in [0.1, 0.15) is 12.0 Å². The third-order valence-electron chi connectivity index (χ3n) is 3.50. The van der Waals surface area contributed by atoms with Crippen molar-refractivity contribution >= 4 is 23.6 Å². The van der Waals surface area contributed by atoms with E-state index >= 15 is 0 Å². The molecule has 7 nitrogen and oxygen atoms in total. The SMILES string of the molecule is CN(C)C(=O)Nc1cccc(CNC(=O)C2CC2C(=O)O)c1. The zero-order valence-electron chi connectivity index (χ0n) is 12.5. The van der Waals surface area contributed by atoms with Crippen LogP contribution in [-0.4, -0.2) is 42.0 Å². The summed E-state index contributed by atoms with van der Waals surface area (Å²) in [6.07, 6.45) is 0.403. The van der Waals surface area contributed by atoms with Crippen molar-refractivity contribution in [2.75, 3.05) is 19.4 Å². The highest BCUT2D eigenvalue weighted by molar-refractivity contribution is 5.90. The van der Waals surface area contributed by atoms with Gasteiger partial charge in [0.2, 0.25) is 5.91 Å². The number of urea groups is 1. The predicted octanol–water partition coefficient (Wildman–Crippen LogP) is 1.12. The summed E-state index contributed by atoms with van der Waals surface area (Å²) >= 11 is 0. The van der Waals surface area contributed by atoms with Crippen molar-refractivity contribution in [3.8, 4) is 0 Å². The van der Waals surface area contributed by atoms with Gasteiger partial charge >= 0.3 is 12.0 Å². The second-order valence-corrected chi connectivity index (χ2v) is 5.53. The average molecular weight is 305 g/mol. The molecule has 0 saturated heterocycles. The Labute approximate surface area is 128 Å². The van der Waals surface area contributed by atoms with E-state index in [1.54, 1.807) is 32.3 Å². The maximum absolute atomic E-state index is 11.8. The van der Waals surface area contributed by atoms with E-state index < -0.39 is 17.8 Å². The summed E-state index contributed by atoms with van der Waals surface area (Å²) in [5.74, 6) is -2.14. The summed E-state index contributed by atoms with van der Waals surface area (Å²) in [5.41, 5.74) is 1.47. The molecule has 7 heteroatoms. The lowest BCUT2D eigenvalue weighted by Gasteiger charge is -2.13. The van der Waals surface area contributed by atoms with Crippen LogP contribution in [-0.2, 0) is 16.1 Å². The molecular formula is C15H19N3O4. The zero-order valence-corrected chi connectivity index (χ0v) is 12.5. The summed E-state index contributed by atoms with van der Waals surface area (Å²) in [6, 6.07) is 6.90. The van der Waals surface area contributed by atoms with Crippen molar-refractivity contribution in [3.63, 3.8) is 0 Å². The molecule has 1 fully saturated rings. The van der Waals surface area contributed by atoms with Crippen LogP contribution < -0.4 is 10.6 Å². The molecule has 1 saturated carbocycles. The van der Waals surface area contributed by atoms with Gasteiger partial charge in [0.1, 0.15) is 0 Å². The summed E-state index contributed by atoms with van der Waals surface area (Å²) in [5, 5.41) is 14.2. The normalized spacial score (nSPS) is 19.2. The Morgan fingerprint density at radius 1 is 1.27 bits per heavy atom. The molecule has 118 valence electrons. The van der Waals surface area contributed by atoms with Gasteiger partial charge in [-0.05, 0) is 24.1 Å². The number of carbonyl (C=O) groups excluding carboxylic acids is 2. The largest absolute Gasteiger partial charge is 0.481 e. The van der Waals surface area contributed by atoms with Crippen LogP contribution in [0.2, 0.25) is 0 Å². The Morgan fingerprint density at radius 3 is 2.59 bits per heavy atom. The van der Waals surface area contributed by atoms with Crippen LogP contribution in [0.4, 0.5) is 10.5 Å². The average Bonchev–Trinajstić information content (AvgIpc) is 3.25. The number of carboxylic acid groups (broad SMARTS) is 1. The fourth-order valence-electron chi connectivity index (χ4n) is 2.07. The molecule has 0 aliphatic heterocycles. The van der Waals surface area contributed by atoms with E-state index in [9.17, 15) is 14.4 Å². The van der Waals surface area contributed by atoms with Gasteiger partial charge in [-0.2, -0.15) is 0 Å². The fourth-order valence-corrected chi connectivity index (χ4v) is 2.07. The number of hydrogen-bond donors (Lipinski definition) is 3. The van der Waals surface area contributed by atoms with Gasteiger partial charge in [-0.15, -0.1) is 0 Å². The van der Waals surface area contributed by atoms with E-state index in [1.807, 2.05) is 6.07 Å². The van der Waals surface area contributed by atoms with Crippen LogP contribution in [0.3, 0.4) is 0 Å². The molecule has 0 radical (unpaired) electrons. The molecule has 22 heavy (non-hydrogen) atoms. The highest BCUT2D eigenvalue weighted by atomic mass is 16.4. The number of anilines is 1. The van der Waals surface area contributed by atoms with Crippen molar-refractivity contribution in [1.82, 2.24) is 10.2 Å². The minimum Gasteiger partial charge on any atom is -0.481 e. The van der Waals surface area contributed by atoms with Crippen LogP contribution in [0.15, 0.2) is 24.3 Å². The topological polar surface area (TPSA) is 98.7 Å². The third-order valence-corrected chi connectivity index (χ3v) is 3.50. The van der Waals surface area contributed by atoms with Gasteiger partial charge < -0.3 is 20.6 Å². The number of nitrogens with zero attached hydrogens (tertiary/aromatic N) is 1. The number of amides is 3. The lowest BCUT2D eigenvalue weighted by atomic mass is 10.2. The van der Waals surface area contributed by atoms with Crippen molar-refractivity contribution in [3.05, 3.63) is 29.8 Å². The zero-order chi connectivity index (χ0) is 16.3. The number of carboxylic acids is 1. The van der Waals surface area contributed by atoms with Crippen LogP contribution in [0, 0.1) is 11.8 Å². The number of rotatable bonds is 5. The van der Waals surface area contributed by atoms with Gasteiger partial charge in [-0.1, -0.05) is 12.1 Å². The standard InChI is InChI=1S/C15H19N3O4/c1-18(2)15(22)17-10-5-3-4-9(6-10)8-16-13(19)11-7-12(11)14(20)21/h3-6,11-12H,7-8H2,1-2H3,(H,16,19)(H,17,22)(H,20,21). The lowest BCUT2D eigenvalue weighted by Crippen LogP contribution is -2.27. The quantitative estimate of drug-likeness (QED) is 0.759. The van der Waals surface area contributed by atoms with Crippen LogP contribution in [0.25, 0.3) is 0 Å². The Balaban J connectivity index is 1.87. The number of aliphatic carboxylic acids is 1. The Bertz CT molecular complexity index is 600. The molecule has 2 unspecified atom stereocenters. The number of carbonyl (C=O) groups is 3. The first-order chi connectivity index (χ1) is 10.4. The molecule has 1 aliphatic carbocycles. The van der Waals surface area contributed by atoms with Crippen molar-refractivity contribution < 1.29 is 19.5 Å².